The number of nitro groups is 1. The van der Waals surface area contributed by atoms with E-state index in [0.717, 1.165) is 18.5 Å². The van der Waals surface area contributed by atoms with Crippen molar-refractivity contribution >= 4 is 11.9 Å². The van der Waals surface area contributed by atoms with Gasteiger partial charge in [-0.2, -0.15) is 0 Å². The Morgan fingerprint density at radius 2 is 1.80 bits per heavy atom. The number of hydrogen-bond acceptors (Lipinski definition) is 3. The second-order valence-corrected chi connectivity index (χ2v) is 7.40. The molecule has 0 radical (unpaired) electrons. The number of benzene rings is 1. The predicted molar refractivity (Wildman–Crippen MR) is 95.3 cm³/mol. The Bertz CT molecular complexity index is 674. The molecule has 0 aliphatic carbocycles. The van der Waals surface area contributed by atoms with Crippen LogP contribution in [-0.4, -0.2) is 39.2 Å². The molecule has 2 heterocycles. The molecule has 1 aromatic carbocycles. The maximum atomic E-state index is 10.8. The van der Waals surface area contributed by atoms with Crippen LogP contribution in [0.15, 0.2) is 36.0 Å². The van der Waals surface area contributed by atoms with Crippen LogP contribution in [0.1, 0.15) is 45.1 Å². The van der Waals surface area contributed by atoms with E-state index >= 15 is 0 Å². The van der Waals surface area contributed by atoms with Crippen molar-refractivity contribution in [2.24, 2.45) is 0 Å². The summed E-state index contributed by atoms with van der Waals surface area (Å²) in [5, 5.41) is 10.8. The number of rotatable bonds is 4. The molecule has 2 aliphatic heterocycles. The number of hydrogen-bond donors (Lipinski definition) is 0. The quantitative estimate of drug-likeness (QED) is 0.450. The third-order valence-corrected chi connectivity index (χ3v) is 5.10. The van der Waals surface area contributed by atoms with Crippen LogP contribution >= 0.6 is 0 Å². The summed E-state index contributed by atoms with van der Waals surface area (Å²) < 4.78 is 2.33. The van der Waals surface area contributed by atoms with Crippen LogP contribution < -0.4 is 12.4 Å². The van der Waals surface area contributed by atoms with E-state index in [0.29, 0.717) is 0 Å². The van der Waals surface area contributed by atoms with Gasteiger partial charge in [-0.3, -0.25) is 10.1 Å². The van der Waals surface area contributed by atoms with Crippen LogP contribution in [0.5, 0.6) is 0 Å². The Kier molecular flexibility index (Phi) is 6.22. The molecule has 1 aromatic rings. The van der Waals surface area contributed by atoms with Crippen molar-refractivity contribution in [3.05, 3.63) is 51.7 Å². The maximum Gasteiger partial charge on any atom is 0.269 e. The molecule has 0 aromatic heterocycles. The monoisotopic (exact) mass is 363 g/mol. The molecule has 0 spiro atoms. The zero-order valence-corrected chi connectivity index (χ0v) is 15.7. The van der Waals surface area contributed by atoms with Gasteiger partial charge in [-0.15, -0.1) is 0 Å². The maximum absolute atomic E-state index is 10.8. The summed E-state index contributed by atoms with van der Waals surface area (Å²) in [5.41, 5.74) is 2.73. The topological polar surface area (TPSA) is 49.4 Å². The molecule has 0 unspecified atom stereocenters. The van der Waals surface area contributed by atoms with Crippen LogP contribution in [0, 0.1) is 10.1 Å². The second-order valence-electron chi connectivity index (χ2n) is 7.40. The molecule has 25 heavy (non-hydrogen) atoms. The number of likely N-dealkylation sites (tertiary alicyclic amines) is 1. The van der Waals surface area contributed by atoms with Gasteiger partial charge in [0, 0.05) is 56.4 Å². The van der Waals surface area contributed by atoms with E-state index in [-0.39, 0.29) is 28.6 Å². The third-order valence-electron chi connectivity index (χ3n) is 5.10. The van der Waals surface area contributed by atoms with E-state index < -0.39 is 0 Å². The van der Waals surface area contributed by atoms with Gasteiger partial charge in [0.25, 0.3) is 5.69 Å². The van der Waals surface area contributed by atoms with Gasteiger partial charge in [-0.1, -0.05) is 0 Å². The number of halogens is 1. The van der Waals surface area contributed by atoms with Crippen molar-refractivity contribution in [3.63, 3.8) is 0 Å². The minimum Gasteiger partial charge on any atom is -1.00 e. The van der Waals surface area contributed by atoms with E-state index in [9.17, 15) is 10.1 Å². The number of piperidine rings is 1. The lowest BCUT2D eigenvalue weighted by atomic mass is 9.92. The van der Waals surface area contributed by atoms with Crippen molar-refractivity contribution < 1.29 is 21.9 Å². The lowest BCUT2D eigenvalue weighted by Gasteiger charge is -2.36. The first-order valence-electron chi connectivity index (χ1n) is 8.75. The fourth-order valence-corrected chi connectivity index (χ4v) is 3.57. The Morgan fingerprint density at radius 3 is 2.36 bits per heavy atom. The average Bonchev–Trinajstić information content (AvgIpc) is 2.57. The van der Waals surface area contributed by atoms with Crippen LogP contribution in [0.4, 0.5) is 5.69 Å². The highest BCUT2D eigenvalue weighted by molar-refractivity contribution is 5.68. The number of allylic oxidation sites excluding steroid dienone is 1. The van der Waals surface area contributed by atoms with Gasteiger partial charge >= 0.3 is 0 Å². The molecule has 1 fully saturated rings. The Morgan fingerprint density at radius 1 is 1.16 bits per heavy atom. The molecule has 5 nitrogen and oxygen atoms in total. The van der Waals surface area contributed by atoms with E-state index in [1.807, 2.05) is 12.1 Å². The molecule has 0 amide bonds. The van der Waals surface area contributed by atoms with Gasteiger partial charge < -0.3 is 17.3 Å². The molecular formula is C19H26ClN3O2. The average molecular weight is 364 g/mol. The molecule has 2 aliphatic rings. The van der Waals surface area contributed by atoms with Crippen LogP contribution in [0.25, 0.3) is 0 Å². The SMILES string of the molecule is CC1(C)CC(N2CCCCC2)=CC=[N+]1Cc1ccc([N+](=O)[O-])cc1.[Cl-]. The second kappa shape index (κ2) is 8.00. The van der Waals surface area contributed by atoms with Crippen molar-refractivity contribution in [1.29, 1.82) is 0 Å². The fourth-order valence-electron chi connectivity index (χ4n) is 3.57. The summed E-state index contributed by atoms with van der Waals surface area (Å²) in [7, 11) is 0. The van der Waals surface area contributed by atoms with Crippen LogP contribution in [0.2, 0.25) is 0 Å². The van der Waals surface area contributed by atoms with Crippen molar-refractivity contribution in [2.45, 2.75) is 51.6 Å². The fraction of sp³-hybridized carbons (Fsp3) is 0.526. The van der Waals surface area contributed by atoms with Crippen molar-refractivity contribution in [3.8, 4) is 0 Å². The highest BCUT2D eigenvalue weighted by Gasteiger charge is 2.35. The molecule has 0 bridgehead atoms. The van der Waals surface area contributed by atoms with E-state index in [1.54, 1.807) is 12.1 Å². The zero-order chi connectivity index (χ0) is 17.2. The summed E-state index contributed by atoms with van der Waals surface area (Å²) in [6.45, 7) is 7.67. The summed E-state index contributed by atoms with van der Waals surface area (Å²) in [6.07, 6.45) is 9.42. The first kappa shape index (κ1) is 19.4. The largest absolute Gasteiger partial charge is 1.00 e. The first-order chi connectivity index (χ1) is 11.5. The molecule has 3 rings (SSSR count). The van der Waals surface area contributed by atoms with Gasteiger partial charge in [0.1, 0.15) is 0 Å². The first-order valence-corrected chi connectivity index (χ1v) is 8.75. The normalized spacial score (nSPS) is 19.5. The molecule has 6 heteroatoms. The molecule has 0 N–H and O–H groups in total. The van der Waals surface area contributed by atoms with Crippen LogP contribution in [-0.2, 0) is 6.54 Å². The minimum atomic E-state index is -0.353. The Labute approximate surface area is 155 Å². The highest BCUT2D eigenvalue weighted by atomic mass is 35.5. The van der Waals surface area contributed by atoms with E-state index in [2.05, 4.69) is 35.6 Å². The number of nitro benzene ring substituents is 1. The highest BCUT2D eigenvalue weighted by Crippen LogP contribution is 2.28. The minimum absolute atomic E-state index is 0. The summed E-state index contributed by atoms with van der Waals surface area (Å²) in [6, 6.07) is 6.88. The summed E-state index contributed by atoms with van der Waals surface area (Å²) in [5.74, 6) is 0. The molecule has 0 saturated carbocycles. The molecule has 136 valence electrons. The number of nitrogens with zero attached hydrogens (tertiary/aromatic N) is 3. The van der Waals surface area contributed by atoms with E-state index in [4.69, 9.17) is 0 Å². The lowest BCUT2D eigenvalue weighted by Crippen LogP contribution is -3.00. The Hall–Kier alpha value is -1.88. The third kappa shape index (κ3) is 4.60. The van der Waals surface area contributed by atoms with Gasteiger partial charge in [0.2, 0.25) is 0 Å². The zero-order valence-electron chi connectivity index (χ0n) is 14.9. The van der Waals surface area contributed by atoms with Crippen LogP contribution in [0.3, 0.4) is 0 Å². The smallest absolute Gasteiger partial charge is 0.269 e. The summed E-state index contributed by atoms with van der Waals surface area (Å²) in [4.78, 5) is 12.9. The predicted octanol–water partition coefficient (Wildman–Crippen LogP) is 0.734. The van der Waals surface area contributed by atoms with Gasteiger partial charge in [-0.05, 0) is 31.4 Å². The molecule has 0 atom stereocenters. The molecule has 1 saturated heterocycles. The van der Waals surface area contributed by atoms with Crippen molar-refractivity contribution in [1.82, 2.24) is 4.90 Å². The summed E-state index contributed by atoms with van der Waals surface area (Å²) >= 11 is 0. The molecular weight excluding hydrogens is 338 g/mol. The van der Waals surface area contributed by atoms with Gasteiger partial charge in [0.15, 0.2) is 18.3 Å². The van der Waals surface area contributed by atoms with Gasteiger partial charge in [0.05, 0.1) is 11.3 Å². The lowest BCUT2D eigenvalue weighted by molar-refractivity contribution is -0.612. The number of non-ortho nitro benzene ring substituents is 1. The van der Waals surface area contributed by atoms with Crippen molar-refractivity contribution in [2.75, 3.05) is 13.1 Å². The van der Waals surface area contributed by atoms with E-state index in [1.165, 1.54) is 38.0 Å². The Balaban J connectivity index is 0.00000225. The standard InChI is InChI=1S/C19H26N3O2.ClH/c1-19(2)14-18(20-11-4-3-5-12-20)10-13-21(19)15-16-6-8-17(9-7-16)22(23)24;/h6-10,13H,3-5,11-12,14-15H2,1-2H3;1H/q+1;/p-1. The van der Waals surface area contributed by atoms with Gasteiger partial charge in [-0.25, -0.2) is 4.58 Å².